The molecule has 0 N–H and O–H groups in total. The summed E-state index contributed by atoms with van der Waals surface area (Å²) in [4.78, 5) is 0. The van der Waals surface area contributed by atoms with Gasteiger partial charge in [-0.3, -0.25) is 0 Å². The maximum atomic E-state index is 15.9. The van der Waals surface area contributed by atoms with Gasteiger partial charge in [0.2, 0.25) is 0 Å². The van der Waals surface area contributed by atoms with Gasteiger partial charge >= 0.3 is 131 Å². The second-order valence-corrected chi connectivity index (χ2v) is 9.22. The topological polar surface area (TPSA) is 3.24 Å². The van der Waals surface area contributed by atoms with Gasteiger partial charge in [-0.15, -0.1) is 0 Å². The summed E-state index contributed by atoms with van der Waals surface area (Å²) in [6.07, 6.45) is -0.300. The molecule has 4 heteroatoms. The Kier molecular flexibility index (Phi) is 5.31. The second-order valence-electron chi connectivity index (χ2n) is 5.63. The van der Waals surface area contributed by atoms with E-state index >= 15 is 8.39 Å². The molecule has 0 aliphatic heterocycles. The first kappa shape index (κ1) is 17.1. The van der Waals surface area contributed by atoms with Crippen LogP contribution in [0.3, 0.4) is 0 Å². The first-order valence-corrected chi connectivity index (χ1v) is 10.1. The summed E-state index contributed by atoms with van der Waals surface area (Å²) in [5, 5.41) is 0. The van der Waals surface area contributed by atoms with Gasteiger partial charge in [0, 0.05) is 0 Å². The number of hydrogen-bond acceptors (Lipinski definition) is 1. The molecule has 2 rings (SSSR count). The summed E-state index contributed by atoms with van der Waals surface area (Å²) < 4.78 is 33.2. The van der Waals surface area contributed by atoms with Crippen molar-refractivity contribution in [2.75, 3.05) is 13.1 Å². The van der Waals surface area contributed by atoms with Crippen molar-refractivity contribution < 1.29 is 8.39 Å². The monoisotopic (exact) mass is 323 g/mol. The fourth-order valence-corrected chi connectivity index (χ4v) is 6.51. The van der Waals surface area contributed by atoms with Gasteiger partial charge in [0.25, 0.3) is 0 Å². The average Bonchev–Trinajstić information content (AvgIpc) is 2.49. The van der Waals surface area contributed by atoms with Gasteiger partial charge in [-0.05, 0) is 0 Å². The molecule has 0 unspecified atom stereocenters. The van der Waals surface area contributed by atoms with Crippen LogP contribution in [0.4, 0.5) is 8.39 Å². The van der Waals surface area contributed by atoms with Gasteiger partial charge in [-0.2, -0.15) is 0 Å². The Hall–Kier alpha value is -1.31. The molecule has 0 aliphatic carbocycles. The third-order valence-corrected chi connectivity index (χ3v) is 7.73. The Morgan fingerprint density at radius 3 is 1.41 bits per heavy atom. The van der Waals surface area contributed by atoms with Crippen molar-refractivity contribution in [2.45, 2.75) is 26.2 Å². The van der Waals surface area contributed by atoms with E-state index in [-0.39, 0.29) is 12.3 Å². The van der Waals surface area contributed by atoms with E-state index in [0.717, 1.165) is 0 Å². The second kappa shape index (κ2) is 6.85. The summed E-state index contributed by atoms with van der Waals surface area (Å²) in [6.45, 7) is 4.39. The third-order valence-electron chi connectivity index (χ3n) is 4.00. The van der Waals surface area contributed by atoms with Crippen molar-refractivity contribution in [3.63, 3.8) is 0 Å². The Labute approximate surface area is 132 Å². The summed E-state index contributed by atoms with van der Waals surface area (Å²) in [6, 6.07) is 18.3. The van der Waals surface area contributed by atoms with Crippen molar-refractivity contribution >= 4 is 7.38 Å². The van der Waals surface area contributed by atoms with Gasteiger partial charge < -0.3 is 0 Å². The third kappa shape index (κ3) is 3.91. The fraction of sp³-hybridized carbons (Fsp3) is 0.333. The Balaban J connectivity index is 2.39. The Bertz CT molecular complexity index is 537. The van der Waals surface area contributed by atoms with Crippen molar-refractivity contribution in [1.29, 1.82) is 0 Å². The zero-order valence-electron chi connectivity index (χ0n) is 13.3. The molecule has 0 amide bonds. The number of halogens is 2. The van der Waals surface area contributed by atoms with Crippen molar-refractivity contribution in [2.24, 2.45) is 0 Å². The molecule has 0 atom stereocenters. The minimum atomic E-state index is -5.02. The molecule has 0 heterocycles. The molecule has 1 nitrogen and oxygen atoms in total. The molecule has 0 radical (unpaired) electrons. The molecular weight excluding hydrogens is 299 g/mol. The Morgan fingerprint density at radius 1 is 0.727 bits per heavy atom. The minimum absolute atomic E-state index is 0.150. The van der Waals surface area contributed by atoms with E-state index in [2.05, 4.69) is 0 Å². The van der Waals surface area contributed by atoms with Gasteiger partial charge in [0.15, 0.2) is 0 Å². The van der Waals surface area contributed by atoms with Gasteiger partial charge in [0.05, 0.1) is 0 Å². The summed E-state index contributed by atoms with van der Waals surface area (Å²) in [7, 11) is -5.02. The number of hydrogen-bond donors (Lipinski definition) is 0. The van der Waals surface area contributed by atoms with E-state index in [1.54, 1.807) is 24.3 Å². The van der Waals surface area contributed by atoms with E-state index in [9.17, 15) is 0 Å². The molecular formula is C18H24F2NP. The normalized spacial score (nSPS) is 13.8. The number of nitrogens with zero attached hydrogens (tertiary/aromatic N) is 1. The maximum absolute atomic E-state index is 15.9. The zero-order chi connectivity index (χ0) is 16.1. The van der Waals surface area contributed by atoms with Crippen LogP contribution in [0.25, 0.3) is 0 Å². The number of benzene rings is 2. The van der Waals surface area contributed by atoms with Crippen LogP contribution in [-0.2, 0) is 12.3 Å². The first-order chi connectivity index (χ1) is 10.5. The van der Waals surface area contributed by atoms with Crippen molar-refractivity contribution in [3.8, 4) is 0 Å². The van der Waals surface area contributed by atoms with E-state index in [0.29, 0.717) is 24.2 Å². The molecule has 0 aromatic heterocycles. The molecule has 2 aromatic rings. The molecule has 120 valence electrons. The van der Waals surface area contributed by atoms with E-state index in [4.69, 9.17) is 0 Å². The van der Waals surface area contributed by atoms with Crippen molar-refractivity contribution in [3.05, 3.63) is 71.8 Å². The average molecular weight is 323 g/mol. The van der Waals surface area contributed by atoms with Crippen LogP contribution in [0.15, 0.2) is 60.7 Å². The molecule has 0 saturated heterocycles. The van der Waals surface area contributed by atoms with Gasteiger partial charge in [-0.1, -0.05) is 0 Å². The molecule has 0 spiro atoms. The molecule has 0 fully saturated rings. The molecule has 22 heavy (non-hydrogen) atoms. The molecule has 0 saturated carbocycles. The predicted molar refractivity (Wildman–Crippen MR) is 92.3 cm³/mol. The van der Waals surface area contributed by atoms with Gasteiger partial charge in [0.1, 0.15) is 0 Å². The summed E-state index contributed by atoms with van der Waals surface area (Å²) in [5.74, 6) is 0. The SMILES string of the molecule is CCN(CC)P(F)(F)(Cc1ccccc1)Cc1ccccc1. The van der Waals surface area contributed by atoms with Gasteiger partial charge in [-0.25, -0.2) is 0 Å². The van der Waals surface area contributed by atoms with Crippen LogP contribution >= 0.6 is 7.38 Å². The number of rotatable bonds is 7. The van der Waals surface area contributed by atoms with Crippen LogP contribution < -0.4 is 0 Å². The van der Waals surface area contributed by atoms with Crippen LogP contribution in [-0.4, -0.2) is 17.8 Å². The van der Waals surface area contributed by atoms with E-state index in [1.165, 1.54) is 4.67 Å². The standard InChI is InChI=1S/C18H24F2NP/c1-3-21(4-2)22(19,20,15-17-11-7-5-8-12-17)16-18-13-9-6-10-14-18/h5-14H,3-4,15-16H2,1-2H3. The van der Waals surface area contributed by atoms with Crippen LogP contribution in [0.1, 0.15) is 25.0 Å². The predicted octanol–water partition coefficient (Wildman–Crippen LogP) is 5.97. The van der Waals surface area contributed by atoms with Crippen LogP contribution in [0.5, 0.6) is 0 Å². The summed E-state index contributed by atoms with van der Waals surface area (Å²) >= 11 is 0. The summed E-state index contributed by atoms with van der Waals surface area (Å²) in [5.41, 5.74) is 1.43. The zero-order valence-corrected chi connectivity index (χ0v) is 14.1. The quantitative estimate of drug-likeness (QED) is 0.568. The van der Waals surface area contributed by atoms with Crippen molar-refractivity contribution in [1.82, 2.24) is 4.67 Å². The van der Waals surface area contributed by atoms with Crippen LogP contribution in [0, 0.1) is 0 Å². The van der Waals surface area contributed by atoms with E-state index in [1.807, 2.05) is 50.2 Å². The first-order valence-electron chi connectivity index (χ1n) is 7.75. The molecule has 0 aliphatic rings. The molecule has 2 aromatic carbocycles. The Morgan fingerprint density at radius 2 is 1.09 bits per heavy atom. The fourth-order valence-electron chi connectivity index (χ4n) is 2.96. The molecule has 0 bridgehead atoms. The van der Waals surface area contributed by atoms with E-state index < -0.39 is 7.38 Å². The van der Waals surface area contributed by atoms with Crippen LogP contribution in [0.2, 0.25) is 0 Å².